The molecule has 0 aliphatic rings. The molecule has 18 heavy (non-hydrogen) atoms. The molecule has 90 valence electrons. The van der Waals surface area contributed by atoms with Gasteiger partial charge in [-0.15, -0.1) is 0 Å². The summed E-state index contributed by atoms with van der Waals surface area (Å²) in [5, 5.41) is 11.6. The maximum absolute atomic E-state index is 13.5. The molecule has 0 aliphatic heterocycles. The molecule has 0 spiro atoms. The normalized spacial score (nSPS) is 9.78. The average molecular weight is 241 g/mol. The molecule has 1 aromatic heterocycles. The highest BCUT2D eigenvalue weighted by atomic mass is 19.1. The predicted molar refractivity (Wildman–Crippen MR) is 67.5 cm³/mol. The number of rotatable bonds is 4. The highest BCUT2D eigenvalue weighted by Crippen LogP contribution is 2.15. The van der Waals surface area contributed by atoms with Gasteiger partial charge in [0.2, 0.25) is 0 Å². The van der Waals surface area contributed by atoms with Crippen LogP contribution in [0.15, 0.2) is 42.6 Å². The van der Waals surface area contributed by atoms with E-state index in [1.165, 1.54) is 6.07 Å². The summed E-state index contributed by atoms with van der Waals surface area (Å²) in [5.74, 6) is -0.407. The molecule has 1 N–H and O–H groups in total. The number of aromatic nitrogens is 1. The maximum Gasteiger partial charge on any atom is 0.147 e. The SMILES string of the molecule is N#Cc1ccc(NCCc2ccccn2)c(F)c1. The molecule has 0 bridgehead atoms. The second-order valence-electron chi connectivity index (χ2n) is 3.80. The Kier molecular flexibility index (Phi) is 3.87. The van der Waals surface area contributed by atoms with Gasteiger partial charge in [-0.3, -0.25) is 4.98 Å². The summed E-state index contributed by atoms with van der Waals surface area (Å²) >= 11 is 0. The van der Waals surface area contributed by atoms with Crippen molar-refractivity contribution in [1.82, 2.24) is 4.98 Å². The zero-order chi connectivity index (χ0) is 12.8. The van der Waals surface area contributed by atoms with Gasteiger partial charge in [-0.05, 0) is 30.3 Å². The summed E-state index contributed by atoms with van der Waals surface area (Å²) in [6.45, 7) is 0.597. The minimum absolute atomic E-state index is 0.322. The molecule has 1 heterocycles. The number of nitrogens with one attached hydrogen (secondary N) is 1. The first-order valence-corrected chi connectivity index (χ1v) is 5.63. The Labute approximate surface area is 105 Å². The number of hydrogen-bond acceptors (Lipinski definition) is 3. The van der Waals surface area contributed by atoms with Crippen LogP contribution in [-0.4, -0.2) is 11.5 Å². The highest BCUT2D eigenvalue weighted by molar-refractivity contribution is 5.48. The Hall–Kier alpha value is -2.41. The molecule has 0 atom stereocenters. The second-order valence-corrected chi connectivity index (χ2v) is 3.80. The van der Waals surface area contributed by atoms with Crippen LogP contribution in [-0.2, 0) is 6.42 Å². The Morgan fingerprint density at radius 3 is 2.83 bits per heavy atom. The monoisotopic (exact) mass is 241 g/mol. The number of halogens is 1. The van der Waals surface area contributed by atoms with Crippen molar-refractivity contribution in [3.8, 4) is 6.07 Å². The van der Waals surface area contributed by atoms with Gasteiger partial charge in [-0.1, -0.05) is 6.07 Å². The van der Waals surface area contributed by atoms with Crippen LogP contribution in [0.1, 0.15) is 11.3 Å². The van der Waals surface area contributed by atoms with Crippen molar-refractivity contribution in [2.75, 3.05) is 11.9 Å². The molecule has 0 fully saturated rings. The standard InChI is InChI=1S/C14H12FN3/c15-13-9-11(10-16)4-5-14(13)18-8-6-12-3-1-2-7-17-12/h1-5,7,9,18H,6,8H2. The zero-order valence-electron chi connectivity index (χ0n) is 9.73. The van der Waals surface area contributed by atoms with Crippen LogP contribution in [0, 0.1) is 17.1 Å². The summed E-state index contributed by atoms with van der Waals surface area (Å²) in [6, 6.07) is 12.0. The van der Waals surface area contributed by atoms with E-state index in [9.17, 15) is 4.39 Å². The fourth-order valence-corrected chi connectivity index (χ4v) is 1.60. The summed E-state index contributed by atoms with van der Waals surface area (Å²) in [4.78, 5) is 4.18. The molecule has 2 aromatic rings. The molecule has 0 radical (unpaired) electrons. The third kappa shape index (κ3) is 3.05. The Morgan fingerprint density at radius 2 is 2.17 bits per heavy atom. The fraction of sp³-hybridized carbons (Fsp3) is 0.143. The van der Waals surface area contributed by atoms with E-state index in [0.717, 1.165) is 12.1 Å². The van der Waals surface area contributed by atoms with Gasteiger partial charge >= 0.3 is 0 Å². The van der Waals surface area contributed by atoms with Gasteiger partial charge in [0.1, 0.15) is 5.82 Å². The minimum Gasteiger partial charge on any atom is -0.382 e. The summed E-state index contributed by atoms with van der Waals surface area (Å²) in [5.41, 5.74) is 1.69. The van der Waals surface area contributed by atoms with Gasteiger partial charge in [0.15, 0.2) is 0 Å². The van der Waals surface area contributed by atoms with Crippen molar-refractivity contribution in [2.45, 2.75) is 6.42 Å². The van der Waals surface area contributed by atoms with Crippen molar-refractivity contribution < 1.29 is 4.39 Å². The lowest BCUT2D eigenvalue weighted by molar-refractivity contribution is 0.629. The fourth-order valence-electron chi connectivity index (χ4n) is 1.60. The zero-order valence-corrected chi connectivity index (χ0v) is 9.73. The number of pyridine rings is 1. The van der Waals surface area contributed by atoms with Crippen LogP contribution in [0.4, 0.5) is 10.1 Å². The van der Waals surface area contributed by atoms with Gasteiger partial charge in [0.05, 0.1) is 17.3 Å². The molecule has 0 amide bonds. The van der Waals surface area contributed by atoms with Crippen LogP contribution < -0.4 is 5.32 Å². The molecule has 4 heteroatoms. The van der Waals surface area contributed by atoms with Crippen LogP contribution >= 0.6 is 0 Å². The lowest BCUT2D eigenvalue weighted by Crippen LogP contribution is -2.07. The van der Waals surface area contributed by atoms with Gasteiger partial charge < -0.3 is 5.32 Å². The second kappa shape index (κ2) is 5.78. The van der Waals surface area contributed by atoms with Gasteiger partial charge in [-0.25, -0.2) is 4.39 Å². The average Bonchev–Trinajstić information content (AvgIpc) is 2.42. The van der Waals surface area contributed by atoms with Crippen molar-refractivity contribution >= 4 is 5.69 Å². The molecule has 2 rings (SSSR count). The lowest BCUT2D eigenvalue weighted by Gasteiger charge is -2.07. The first-order valence-electron chi connectivity index (χ1n) is 5.63. The molecule has 3 nitrogen and oxygen atoms in total. The van der Waals surface area contributed by atoms with Crippen molar-refractivity contribution in [3.05, 3.63) is 59.7 Å². The quantitative estimate of drug-likeness (QED) is 0.895. The smallest absolute Gasteiger partial charge is 0.147 e. The predicted octanol–water partition coefficient (Wildman–Crippen LogP) is 2.75. The van der Waals surface area contributed by atoms with E-state index in [4.69, 9.17) is 5.26 Å². The molecule has 0 aliphatic carbocycles. The van der Waals surface area contributed by atoms with E-state index in [2.05, 4.69) is 10.3 Å². The van der Waals surface area contributed by atoms with E-state index < -0.39 is 5.82 Å². The van der Waals surface area contributed by atoms with Crippen LogP contribution in [0.2, 0.25) is 0 Å². The maximum atomic E-state index is 13.5. The van der Waals surface area contributed by atoms with Crippen molar-refractivity contribution in [3.63, 3.8) is 0 Å². The molecule has 0 saturated carbocycles. The van der Waals surface area contributed by atoms with Crippen molar-refractivity contribution in [2.24, 2.45) is 0 Å². The van der Waals surface area contributed by atoms with Gasteiger partial charge in [0, 0.05) is 24.9 Å². The number of hydrogen-bond donors (Lipinski definition) is 1. The minimum atomic E-state index is -0.407. The van der Waals surface area contributed by atoms with Gasteiger partial charge in [-0.2, -0.15) is 5.26 Å². The van der Waals surface area contributed by atoms with E-state index in [0.29, 0.717) is 17.8 Å². The Morgan fingerprint density at radius 1 is 1.28 bits per heavy atom. The molecular weight excluding hydrogens is 229 g/mol. The van der Waals surface area contributed by atoms with E-state index in [1.54, 1.807) is 18.3 Å². The first-order chi connectivity index (χ1) is 8.79. The summed E-state index contributed by atoms with van der Waals surface area (Å²) in [6.07, 6.45) is 2.46. The van der Waals surface area contributed by atoms with E-state index in [-0.39, 0.29) is 0 Å². The number of anilines is 1. The molecule has 0 saturated heterocycles. The van der Waals surface area contributed by atoms with Crippen LogP contribution in [0.3, 0.4) is 0 Å². The summed E-state index contributed by atoms with van der Waals surface area (Å²) in [7, 11) is 0. The number of nitrogens with zero attached hydrogens (tertiary/aromatic N) is 2. The van der Waals surface area contributed by atoms with Crippen LogP contribution in [0.5, 0.6) is 0 Å². The Balaban J connectivity index is 1.93. The summed E-state index contributed by atoms with van der Waals surface area (Å²) < 4.78 is 13.5. The van der Waals surface area contributed by atoms with Crippen molar-refractivity contribution in [1.29, 1.82) is 5.26 Å². The van der Waals surface area contributed by atoms with E-state index >= 15 is 0 Å². The largest absolute Gasteiger partial charge is 0.382 e. The van der Waals surface area contributed by atoms with E-state index in [1.807, 2.05) is 24.3 Å². The molecule has 1 aromatic carbocycles. The number of benzene rings is 1. The van der Waals surface area contributed by atoms with Crippen LogP contribution in [0.25, 0.3) is 0 Å². The van der Waals surface area contributed by atoms with Gasteiger partial charge in [0.25, 0.3) is 0 Å². The first kappa shape index (κ1) is 12.1. The topological polar surface area (TPSA) is 48.7 Å². The third-order valence-electron chi connectivity index (χ3n) is 2.52. The lowest BCUT2D eigenvalue weighted by atomic mass is 10.2. The number of nitriles is 1. The Bertz CT molecular complexity index is 561. The highest BCUT2D eigenvalue weighted by Gasteiger charge is 2.02. The molecular formula is C14H12FN3. The molecule has 0 unspecified atom stereocenters. The third-order valence-corrected chi connectivity index (χ3v) is 2.52.